The minimum atomic E-state index is -8.51. The number of rotatable bonds is 8. The van der Waals surface area contributed by atoms with Crippen molar-refractivity contribution in [3.05, 3.63) is 0 Å². The standard InChI is InChI=1S/C11H5F17O2/c12-4(13,5(14,15)7(18,19)10(23,24)25)6(16,17)9(22,30-2-3-1-29-3)8(20,21)11(26,27)28/h3H,1-2H2. The first-order valence-electron chi connectivity index (χ1n) is 6.80. The third-order valence-electron chi connectivity index (χ3n) is 3.57. The Kier molecular flexibility index (Phi) is 6.12. The van der Waals surface area contributed by atoms with E-state index < -0.39 is 67.1 Å². The van der Waals surface area contributed by atoms with Crippen molar-refractivity contribution in [2.24, 2.45) is 0 Å². The Morgan fingerprint density at radius 2 is 0.867 bits per heavy atom. The zero-order valence-corrected chi connectivity index (χ0v) is 13.2. The van der Waals surface area contributed by atoms with Crippen molar-refractivity contribution in [1.82, 2.24) is 0 Å². The van der Waals surface area contributed by atoms with Gasteiger partial charge >= 0.3 is 47.8 Å². The molecule has 1 aliphatic heterocycles. The van der Waals surface area contributed by atoms with Crippen LogP contribution in [-0.2, 0) is 9.47 Å². The summed E-state index contributed by atoms with van der Waals surface area (Å²) in [7, 11) is 0. The second-order valence-corrected chi connectivity index (χ2v) is 5.73. The highest BCUT2D eigenvalue weighted by atomic mass is 19.4. The fraction of sp³-hybridized carbons (Fsp3) is 1.00. The lowest BCUT2D eigenvalue weighted by Gasteiger charge is -2.44. The zero-order valence-electron chi connectivity index (χ0n) is 13.2. The maximum atomic E-state index is 14.1. The maximum absolute atomic E-state index is 14.1. The highest BCUT2D eigenvalue weighted by Gasteiger charge is 2.95. The molecule has 0 spiro atoms. The average Bonchev–Trinajstić information content (AvgIpc) is 3.33. The molecule has 1 saturated heterocycles. The molecule has 0 aromatic rings. The van der Waals surface area contributed by atoms with Crippen LogP contribution in [-0.4, -0.2) is 67.1 Å². The van der Waals surface area contributed by atoms with Gasteiger partial charge in [0, 0.05) is 0 Å². The molecule has 30 heavy (non-hydrogen) atoms. The van der Waals surface area contributed by atoms with E-state index in [1.54, 1.807) is 0 Å². The summed E-state index contributed by atoms with van der Waals surface area (Å²) in [5.74, 6) is -48.8. The molecule has 1 heterocycles. The van der Waals surface area contributed by atoms with Gasteiger partial charge in [0.2, 0.25) is 0 Å². The van der Waals surface area contributed by atoms with E-state index in [0.717, 1.165) is 0 Å². The van der Waals surface area contributed by atoms with Gasteiger partial charge in [-0.1, -0.05) is 0 Å². The predicted octanol–water partition coefficient (Wildman–Crippen LogP) is 5.37. The quantitative estimate of drug-likeness (QED) is 0.336. The van der Waals surface area contributed by atoms with E-state index >= 15 is 0 Å². The summed E-state index contributed by atoms with van der Waals surface area (Å²) in [6.07, 6.45) is -17.1. The molecule has 180 valence electrons. The Labute approximate surface area is 152 Å². The van der Waals surface area contributed by atoms with Gasteiger partial charge in [-0.25, -0.2) is 0 Å². The largest absolute Gasteiger partial charge is 0.460 e. The summed E-state index contributed by atoms with van der Waals surface area (Å²) < 4.78 is 226. The predicted molar refractivity (Wildman–Crippen MR) is 56.4 cm³/mol. The van der Waals surface area contributed by atoms with Crippen LogP contribution in [0.15, 0.2) is 0 Å². The van der Waals surface area contributed by atoms with E-state index in [0.29, 0.717) is 0 Å². The lowest BCUT2D eigenvalue weighted by molar-refractivity contribution is -0.486. The van der Waals surface area contributed by atoms with E-state index in [9.17, 15) is 74.6 Å². The zero-order chi connectivity index (χ0) is 24.4. The van der Waals surface area contributed by atoms with Gasteiger partial charge in [0.15, 0.2) is 0 Å². The number of alkyl halides is 17. The Morgan fingerprint density at radius 1 is 0.533 bits per heavy atom. The molecule has 0 aromatic carbocycles. The Morgan fingerprint density at radius 3 is 1.17 bits per heavy atom. The Bertz CT molecular complexity index is 631. The summed E-state index contributed by atoms with van der Waals surface area (Å²) in [6.45, 7) is -2.85. The van der Waals surface area contributed by atoms with Gasteiger partial charge in [0.25, 0.3) is 0 Å². The number of halogens is 17. The van der Waals surface area contributed by atoms with Crippen LogP contribution < -0.4 is 0 Å². The number of hydrogen-bond donors (Lipinski definition) is 0. The number of hydrogen-bond acceptors (Lipinski definition) is 2. The summed E-state index contributed by atoms with van der Waals surface area (Å²) in [5, 5.41) is 0. The first-order chi connectivity index (χ1) is 12.8. The van der Waals surface area contributed by atoms with Crippen molar-refractivity contribution in [1.29, 1.82) is 0 Å². The van der Waals surface area contributed by atoms with Crippen LogP contribution in [0.1, 0.15) is 0 Å². The van der Waals surface area contributed by atoms with Crippen molar-refractivity contribution in [3.63, 3.8) is 0 Å². The van der Waals surface area contributed by atoms with E-state index in [2.05, 4.69) is 9.47 Å². The summed E-state index contributed by atoms with van der Waals surface area (Å²) in [5.41, 5.74) is 0. The highest BCUT2D eigenvalue weighted by Crippen LogP contribution is 2.64. The average molecular weight is 492 g/mol. The molecule has 1 fully saturated rings. The van der Waals surface area contributed by atoms with Crippen molar-refractivity contribution < 1.29 is 84.1 Å². The van der Waals surface area contributed by atoms with Crippen molar-refractivity contribution in [2.75, 3.05) is 13.2 Å². The van der Waals surface area contributed by atoms with E-state index in [4.69, 9.17) is 0 Å². The highest BCUT2D eigenvalue weighted by molar-refractivity contribution is 5.14. The molecule has 2 nitrogen and oxygen atoms in total. The van der Waals surface area contributed by atoms with Crippen molar-refractivity contribution in [3.8, 4) is 0 Å². The molecular weight excluding hydrogens is 487 g/mol. The van der Waals surface area contributed by atoms with Crippen LogP contribution in [0.2, 0.25) is 0 Å². The summed E-state index contributed by atoms with van der Waals surface area (Å²) in [4.78, 5) is 0. The second kappa shape index (κ2) is 6.86. The third kappa shape index (κ3) is 3.54. The van der Waals surface area contributed by atoms with Gasteiger partial charge in [0.1, 0.15) is 6.10 Å². The SMILES string of the molecule is FC(F)(F)C(F)(F)C(F)(F)C(F)(F)C(F)(F)C(F)(OCC1CO1)C(F)(F)C(F)(F)F. The van der Waals surface area contributed by atoms with Gasteiger partial charge in [-0.05, 0) is 0 Å². The summed E-state index contributed by atoms with van der Waals surface area (Å²) in [6, 6.07) is 0. The fourth-order valence-corrected chi connectivity index (χ4v) is 1.71. The Balaban J connectivity index is 3.68. The lowest BCUT2D eigenvalue weighted by atomic mass is 9.89. The minimum absolute atomic E-state index is 0.710. The molecule has 0 amide bonds. The minimum Gasteiger partial charge on any atom is -0.371 e. The van der Waals surface area contributed by atoms with Gasteiger partial charge in [-0.2, -0.15) is 74.6 Å². The smallest absolute Gasteiger partial charge is 0.371 e. The first-order valence-corrected chi connectivity index (χ1v) is 6.80. The van der Waals surface area contributed by atoms with Crippen LogP contribution in [0.25, 0.3) is 0 Å². The van der Waals surface area contributed by atoms with Gasteiger partial charge in [-0.15, -0.1) is 0 Å². The van der Waals surface area contributed by atoms with Crippen LogP contribution in [0.4, 0.5) is 74.6 Å². The van der Waals surface area contributed by atoms with Crippen LogP contribution >= 0.6 is 0 Å². The molecule has 0 aromatic heterocycles. The van der Waals surface area contributed by atoms with Crippen LogP contribution in [0.5, 0.6) is 0 Å². The molecule has 0 saturated carbocycles. The van der Waals surface area contributed by atoms with Gasteiger partial charge in [-0.3, -0.25) is 0 Å². The number of epoxide rings is 1. The second-order valence-electron chi connectivity index (χ2n) is 5.73. The lowest BCUT2D eigenvalue weighted by Crippen LogP contribution is -2.76. The molecule has 0 bridgehead atoms. The van der Waals surface area contributed by atoms with Crippen molar-refractivity contribution in [2.45, 2.75) is 53.9 Å². The molecule has 19 heteroatoms. The van der Waals surface area contributed by atoms with Crippen LogP contribution in [0, 0.1) is 0 Å². The molecule has 2 atom stereocenters. The first kappa shape index (κ1) is 26.8. The fourth-order valence-electron chi connectivity index (χ4n) is 1.71. The van der Waals surface area contributed by atoms with Crippen LogP contribution in [0.3, 0.4) is 0 Å². The number of ether oxygens (including phenoxy) is 2. The Hall–Kier alpha value is -1.27. The molecule has 0 aliphatic carbocycles. The maximum Gasteiger partial charge on any atom is 0.460 e. The normalized spacial score (nSPS) is 22.1. The molecule has 2 unspecified atom stereocenters. The molecule has 1 rings (SSSR count). The molecular formula is C11H5F17O2. The van der Waals surface area contributed by atoms with Gasteiger partial charge < -0.3 is 9.47 Å². The molecule has 1 aliphatic rings. The molecule has 0 radical (unpaired) electrons. The van der Waals surface area contributed by atoms with E-state index in [-0.39, 0.29) is 0 Å². The van der Waals surface area contributed by atoms with Crippen molar-refractivity contribution >= 4 is 0 Å². The van der Waals surface area contributed by atoms with E-state index in [1.807, 2.05) is 0 Å². The summed E-state index contributed by atoms with van der Waals surface area (Å²) >= 11 is 0. The third-order valence-corrected chi connectivity index (χ3v) is 3.57. The monoisotopic (exact) mass is 492 g/mol. The van der Waals surface area contributed by atoms with E-state index in [1.165, 1.54) is 0 Å². The topological polar surface area (TPSA) is 21.8 Å². The molecule has 0 N–H and O–H groups in total. The van der Waals surface area contributed by atoms with Gasteiger partial charge in [0.05, 0.1) is 13.2 Å².